The van der Waals surface area contributed by atoms with Gasteiger partial charge in [-0.1, -0.05) is 42.5 Å². The van der Waals surface area contributed by atoms with Crippen LogP contribution in [0.25, 0.3) is 21.5 Å². The first-order valence-electron chi connectivity index (χ1n) is 5.34. The fraction of sp³-hybridized carbons (Fsp3) is 0. The second-order valence-corrected chi connectivity index (χ2v) is 4.96. The van der Waals surface area contributed by atoms with E-state index in [0.717, 1.165) is 21.5 Å². The Bertz CT molecular complexity index is 734. The van der Waals surface area contributed by atoms with E-state index in [1.165, 1.54) is 0 Å². The standard InChI is InChI=1S/C14H9O2P/c15-17(16)14-9-10-5-1-2-6-11(10)12-7-3-4-8-13(12)14/h1-9H/p+1. The van der Waals surface area contributed by atoms with Gasteiger partial charge in [0, 0.05) is 11.5 Å². The molecule has 0 bridgehead atoms. The molecule has 0 heterocycles. The lowest BCUT2D eigenvalue weighted by molar-refractivity contribution is 0.513. The van der Waals surface area contributed by atoms with E-state index < -0.39 is 8.03 Å². The molecule has 0 saturated heterocycles. The van der Waals surface area contributed by atoms with Crippen molar-refractivity contribution in [1.29, 1.82) is 0 Å². The van der Waals surface area contributed by atoms with Gasteiger partial charge in [0.25, 0.3) is 0 Å². The van der Waals surface area contributed by atoms with Crippen LogP contribution in [0.3, 0.4) is 0 Å². The molecule has 17 heavy (non-hydrogen) atoms. The normalized spacial score (nSPS) is 11.9. The van der Waals surface area contributed by atoms with Crippen LogP contribution < -0.4 is 5.30 Å². The van der Waals surface area contributed by atoms with Crippen molar-refractivity contribution in [3.8, 4) is 0 Å². The van der Waals surface area contributed by atoms with E-state index in [4.69, 9.17) is 0 Å². The van der Waals surface area contributed by atoms with Gasteiger partial charge in [-0.25, -0.2) is 0 Å². The maximum absolute atomic E-state index is 11.4. The summed E-state index contributed by atoms with van der Waals surface area (Å²) in [5.74, 6) is 0. The Morgan fingerprint density at radius 1 is 0.824 bits per heavy atom. The molecule has 82 valence electrons. The van der Waals surface area contributed by atoms with Gasteiger partial charge in [-0.15, -0.1) is 0 Å². The van der Waals surface area contributed by atoms with Gasteiger partial charge >= 0.3 is 8.03 Å². The van der Waals surface area contributed by atoms with E-state index >= 15 is 0 Å². The molecule has 3 heteroatoms. The summed E-state index contributed by atoms with van der Waals surface area (Å²) in [6.45, 7) is 0. The summed E-state index contributed by atoms with van der Waals surface area (Å²) in [4.78, 5) is 9.39. The lowest BCUT2D eigenvalue weighted by atomic mass is 10.0. The smallest absolute Gasteiger partial charge is 0.156 e. The molecule has 0 aliphatic carbocycles. The Balaban J connectivity index is 2.59. The molecule has 0 fully saturated rings. The Morgan fingerprint density at radius 3 is 2.12 bits per heavy atom. The average molecular weight is 241 g/mol. The highest BCUT2D eigenvalue weighted by Gasteiger charge is 2.21. The van der Waals surface area contributed by atoms with Gasteiger partial charge in [-0.05, 0) is 26.8 Å². The molecule has 0 aliphatic heterocycles. The van der Waals surface area contributed by atoms with Gasteiger partial charge in [-0.3, -0.25) is 0 Å². The Morgan fingerprint density at radius 2 is 1.41 bits per heavy atom. The number of fused-ring (bicyclic) bond motifs is 3. The number of benzene rings is 3. The van der Waals surface area contributed by atoms with Crippen LogP contribution in [0.4, 0.5) is 0 Å². The van der Waals surface area contributed by atoms with E-state index in [1.54, 1.807) is 6.07 Å². The lowest BCUT2D eigenvalue weighted by Gasteiger charge is -2.03. The summed E-state index contributed by atoms with van der Waals surface area (Å²) in [7, 11) is -2.32. The summed E-state index contributed by atoms with van der Waals surface area (Å²) in [5, 5.41) is 4.50. The molecular weight excluding hydrogens is 231 g/mol. The molecule has 3 aromatic rings. The summed E-state index contributed by atoms with van der Waals surface area (Å²) < 4.78 is 11.4. The zero-order valence-electron chi connectivity index (χ0n) is 9.00. The minimum Gasteiger partial charge on any atom is -0.156 e. The molecule has 1 atom stereocenters. The van der Waals surface area contributed by atoms with Crippen LogP contribution in [-0.4, -0.2) is 4.89 Å². The summed E-state index contributed by atoms with van der Waals surface area (Å²) in [6, 6.07) is 17.4. The number of hydrogen-bond donors (Lipinski definition) is 1. The van der Waals surface area contributed by atoms with Gasteiger partial charge in [0.2, 0.25) is 5.30 Å². The quantitative estimate of drug-likeness (QED) is 0.524. The van der Waals surface area contributed by atoms with Crippen LogP contribution in [0.5, 0.6) is 0 Å². The molecule has 0 amide bonds. The average Bonchev–Trinajstić information content (AvgIpc) is 2.37. The second kappa shape index (κ2) is 3.92. The van der Waals surface area contributed by atoms with Gasteiger partial charge in [0.15, 0.2) is 0 Å². The Hall–Kier alpha value is -1.76. The maximum Gasteiger partial charge on any atom is 0.546 e. The van der Waals surface area contributed by atoms with E-state index in [1.807, 2.05) is 48.5 Å². The van der Waals surface area contributed by atoms with Gasteiger partial charge < -0.3 is 0 Å². The highest BCUT2D eigenvalue weighted by atomic mass is 31.1. The number of rotatable bonds is 1. The minimum atomic E-state index is -2.32. The first kappa shape index (κ1) is 10.4. The van der Waals surface area contributed by atoms with Crippen LogP contribution in [0.2, 0.25) is 0 Å². The molecule has 0 radical (unpaired) electrons. The summed E-state index contributed by atoms with van der Waals surface area (Å²) in [5.41, 5.74) is 0. The predicted octanol–water partition coefficient (Wildman–Crippen LogP) is 3.35. The van der Waals surface area contributed by atoms with Crippen LogP contribution in [0, 0.1) is 0 Å². The van der Waals surface area contributed by atoms with Crippen molar-refractivity contribution in [3.05, 3.63) is 54.6 Å². The lowest BCUT2D eigenvalue weighted by Crippen LogP contribution is -1.98. The van der Waals surface area contributed by atoms with E-state index in [-0.39, 0.29) is 0 Å². The molecular formula is C14H10O2P+. The van der Waals surface area contributed by atoms with Crippen LogP contribution in [0.15, 0.2) is 54.6 Å². The van der Waals surface area contributed by atoms with Crippen molar-refractivity contribution in [3.63, 3.8) is 0 Å². The van der Waals surface area contributed by atoms with Crippen LogP contribution >= 0.6 is 8.03 Å². The van der Waals surface area contributed by atoms with E-state index in [2.05, 4.69) is 0 Å². The maximum atomic E-state index is 11.4. The summed E-state index contributed by atoms with van der Waals surface area (Å²) in [6.07, 6.45) is 0. The number of hydrogen-bond acceptors (Lipinski definition) is 1. The van der Waals surface area contributed by atoms with E-state index in [9.17, 15) is 9.46 Å². The SMILES string of the molecule is O=[P+](O)c1cc2ccccc2c2ccccc12. The fourth-order valence-electron chi connectivity index (χ4n) is 2.19. The van der Waals surface area contributed by atoms with Crippen molar-refractivity contribution in [1.82, 2.24) is 0 Å². The predicted molar refractivity (Wildman–Crippen MR) is 70.9 cm³/mol. The van der Waals surface area contributed by atoms with Crippen molar-refractivity contribution in [2.45, 2.75) is 0 Å². The highest BCUT2D eigenvalue weighted by Crippen LogP contribution is 2.28. The molecule has 1 N–H and O–H groups in total. The molecule has 0 saturated carbocycles. The highest BCUT2D eigenvalue weighted by molar-refractivity contribution is 7.48. The van der Waals surface area contributed by atoms with Crippen LogP contribution in [0.1, 0.15) is 0 Å². The zero-order chi connectivity index (χ0) is 11.8. The van der Waals surface area contributed by atoms with Crippen molar-refractivity contribution in [2.75, 3.05) is 0 Å². The Labute approximate surface area is 99.4 Å². The van der Waals surface area contributed by atoms with Crippen molar-refractivity contribution in [2.24, 2.45) is 0 Å². The van der Waals surface area contributed by atoms with Crippen LogP contribution in [-0.2, 0) is 4.57 Å². The zero-order valence-corrected chi connectivity index (χ0v) is 9.89. The van der Waals surface area contributed by atoms with Gasteiger partial charge in [-0.2, -0.15) is 4.89 Å². The molecule has 0 aromatic heterocycles. The fourth-order valence-corrected chi connectivity index (χ4v) is 2.84. The first-order chi connectivity index (χ1) is 8.27. The minimum absolute atomic E-state index is 0.509. The topological polar surface area (TPSA) is 37.3 Å². The molecule has 0 aliphatic rings. The largest absolute Gasteiger partial charge is 0.546 e. The van der Waals surface area contributed by atoms with E-state index in [0.29, 0.717) is 5.30 Å². The monoisotopic (exact) mass is 241 g/mol. The van der Waals surface area contributed by atoms with Crippen molar-refractivity contribution >= 4 is 34.9 Å². The second-order valence-electron chi connectivity index (χ2n) is 3.94. The summed E-state index contributed by atoms with van der Waals surface area (Å²) >= 11 is 0. The third-order valence-electron chi connectivity index (χ3n) is 2.95. The molecule has 3 aromatic carbocycles. The molecule has 3 rings (SSSR count). The van der Waals surface area contributed by atoms with Gasteiger partial charge in [0.05, 0.1) is 0 Å². The first-order valence-corrected chi connectivity index (χ1v) is 6.55. The van der Waals surface area contributed by atoms with Gasteiger partial charge in [0.1, 0.15) is 0 Å². The third-order valence-corrected chi connectivity index (χ3v) is 3.73. The third kappa shape index (κ3) is 1.62. The molecule has 0 spiro atoms. The molecule has 1 unspecified atom stereocenters. The van der Waals surface area contributed by atoms with Crippen molar-refractivity contribution < 1.29 is 9.46 Å². The Kier molecular flexibility index (Phi) is 2.40. The molecule has 2 nitrogen and oxygen atoms in total.